The second kappa shape index (κ2) is 8.24. The summed E-state index contributed by atoms with van der Waals surface area (Å²) in [5, 5.41) is 6.80. The SMILES string of the molecule is O=C(Nc1ccc(-c2csc(-c3ccc(Cl)cc3)n2)cc1)C1CCCCC1. The van der Waals surface area contributed by atoms with Crippen molar-refractivity contribution in [1.82, 2.24) is 4.98 Å². The number of rotatable bonds is 4. The van der Waals surface area contributed by atoms with Gasteiger partial charge < -0.3 is 5.32 Å². The Kier molecular flexibility index (Phi) is 5.55. The summed E-state index contributed by atoms with van der Waals surface area (Å²) in [6.45, 7) is 0. The first kappa shape index (κ1) is 18.2. The summed E-state index contributed by atoms with van der Waals surface area (Å²) in [6.07, 6.45) is 5.60. The van der Waals surface area contributed by atoms with Gasteiger partial charge in [-0.1, -0.05) is 55.1 Å². The van der Waals surface area contributed by atoms with Crippen LogP contribution in [0.15, 0.2) is 53.9 Å². The first-order chi connectivity index (χ1) is 13.2. The van der Waals surface area contributed by atoms with Crippen LogP contribution >= 0.6 is 22.9 Å². The van der Waals surface area contributed by atoms with Gasteiger partial charge in [0.2, 0.25) is 5.91 Å². The van der Waals surface area contributed by atoms with Gasteiger partial charge in [0.05, 0.1) is 5.69 Å². The molecule has 1 saturated carbocycles. The molecule has 1 aliphatic carbocycles. The molecule has 1 N–H and O–H groups in total. The fourth-order valence-electron chi connectivity index (χ4n) is 3.46. The van der Waals surface area contributed by atoms with Crippen molar-refractivity contribution in [3.63, 3.8) is 0 Å². The second-order valence-electron chi connectivity index (χ2n) is 6.95. The van der Waals surface area contributed by atoms with E-state index < -0.39 is 0 Å². The quantitative estimate of drug-likeness (QED) is 0.536. The number of amides is 1. The fraction of sp³-hybridized carbons (Fsp3) is 0.273. The number of halogens is 1. The van der Waals surface area contributed by atoms with Gasteiger partial charge in [-0.05, 0) is 37.1 Å². The van der Waals surface area contributed by atoms with Crippen molar-refractivity contribution >= 4 is 34.5 Å². The lowest BCUT2D eigenvalue weighted by Gasteiger charge is -2.20. The minimum Gasteiger partial charge on any atom is -0.326 e. The smallest absolute Gasteiger partial charge is 0.227 e. The molecule has 1 amide bonds. The number of aromatic nitrogens is 1. The topological polar surface area (TPSA) is 42.0 Å². The maximum absolute atomic E-state index is 12.4. The molecule has 138 valence electrons. The first-order valence-electron chi connectivity index (χ1n) is 9.32. The van der Waals surface area contributed by atoms with Crippen molar-refractivity contribution in [3.05, 3.63) is 58.9 Å². The number of carbonyl (C=O) groups excluding carboxylic acids is 1. The number of benzene rings is 2. The highest BCUT2D eigenvalue weighted by Gasteiger charge is 2.21. The van der Waals surface area contributed by atoms with Crippen LogP contribution in [0.4, 0.5) is 5.69 Å². The zero-order valence-corrected chi connectivity index (χ0v) is 16.5. The van der Waals surface area contributed by atoms with Gasteiger partial charge in [-0.25, -0.2) is 4.98 Å². The molecule has 0 radical (unpaired) electrons. The van der Waals surface area contributed by atoms with Gasteiger partial charge in [0.25, 0.3) is 0 Å². The Bertz CT molecular complexity index is 912. The molecular weight excluding hydrogens is 376 g/mol. The molecule has 4 rings (SSSR count). The minimum absolute atomic E-state index is 0.154. The lowest BCUT2D eigenvalue weighted by Crippen LogP contribution is -2.24. The van der Waals surface area contributed by atoms with Crippen LogP contribution < -0.4 is 5.32 Å². The van der Waals surface area contributed by atoms with Gasteiger partial charge in [0, 0.05) is 33.1 Å². The zero-order chi connectivity index (χ0) is 18.6. The van der Waals surface area contributed by atoms with Crippen molar-refractivity contribution in [2.24, 2.45) is 5.92 Å². The van der Waals surface area contributed by atoms with E-state index in [4.69, 9.17) is 16.6 Å². The van der Waals surface area contributed by atoms with Gasteiger partial charge in [0.15, 0.2) is 0 Å². The van der Waals surface area contributed by atoms with Gasteiger partial charge >= 0.3 is 0 Å². The first-order valence-corrected chi connectivity index (χ1v) is 10.6. The molecule has 0 bridgehead atoms. The Morgan fingerprint density at radius 1 is 0.963 bits per heavy atom. The van der Waals surface area contributed by atoms with Crippen LogP contribution in [0.2, 0.25) is 5.02 Å². The Hall–Kier alpha value is -2.17. The molecule has 0 aliphatic heterocycles. The van der Waals surface area contributed by atoms with Gasteiger partial charge in [-0.3, -0.25) is 4.79 Å². The highest BCUT2D eigenvalue weighted by molar-refractivity contribution is 7.13. The number of nitrogens with zero attached hydrogens (tertiary/aromatic N) is 1. The molecule has 1 heterocycles. The average molecular weight is 397 g/mol. The molecular formula is C22H21ClN2OS. The van der Waals surface area contributed by atoms with Gasteiger partial charge in [-0.2, -0.15) is 0 Å². The number of nitrogens with one attached hydrogen (secondary N) is 1. The molecule has 0 spiro atoms. The monoisotopic (exact) mass is 396 g/mol. The number of thiazole rings is 1. The fourth-order valence-corrected chi connectivity index (χ4v) is 4.43. The van der Waals surface area contributed by atoms with Crippen LogP contribution in [0.3, 0.4) is 0 Å². The standard InChI is InChI=1S/C22H21ClN2OS/c23-18-10-6-17(7-11-18)22-25-20(14-27-22)15-8-12-19(13-9-15)24-21(26)16-4-2-1-3-5-16/h6-14,16H,1-5H2,(H,24,26). The number of carbonyl (C=O) groups is 1. The third-order valence-electron chi connectivity index (χ3n) is 5.02. The summed E-state index contributed by atoms with van der Waals surface area (Å²) in [5.41, 5.74) is 3.90. The third kappa shape index (κ3) is 4.40. The molecule has 1 fully saturated rings. The maximum atomic E-state index is 12.4. The molecule has 0 saturated heterocycles. The molecule has 27 heavy (non-hydrogen) atoms. The molecule has 0 atom stereocenters. The van der Waals surface area contributed by atoms with Crippen molar-refractivity contribution in [1.29, 1.82) is 0 Å². The lowest BCUT2D eigenvalue weighted by molar-refractivity contribution is -0.120. The summed E-state index contributed by atoms with van der Waals surface area (Å²) >= 11 is 7.57. The number of hydrogen-bond acceptors (Lipinski definition) is 3. The number of anilines is 1. The van der Waals surface area contributed by atoms with E-state index in [0.29, 0.717) is 0 Å². The maximum Gasteiger partial charge on any atom is 0.227 e. The lowest BCUT2D eigenvalue weighted by atomic mass is 9.88. The predicted octanol–water partition coefficient (Wildman–Crippen LogP) is 6.65. The van der Waals surface area contributed by atoms with Crippen molar-refractivity contribution in [3.8, 4) is 21.8 Å². The normalized spacial score (nSPS) is 14.9. The van der Waals surface area contributed by atoms with E-state index in [9.17, 15) is 4.79 Å². The minimum atomic E-state index is 0.154. The number of hydrogen-bond donors (Lipinski definition) is 1. The highest BCUT2D eigenvalue weighted by atomic mass is 35.5. The Labute approximate surface area is 168 Å². The average Bonchev–Trinajstić information content (AvgIpc) is 3.20. The van der Waals surface area contributed by atoms with E-state index in [1.54, 1.807) is 11.3 Å². The summed E-state index contributed by atoms with van der Waals surface area (Å²) in [6, 6.07) is 15.6. The van der Waals surface area contributed by atoms with E-state index in [0.717, 1.165) is 58.2 Å². The summed E-state index contributed by atoms with van der Waals surface area (Å²) < 4.78 is 0. The largest absolute Gasteiger partial charge is 0.326 e. The molecule has 3 aromatic rings. The van der Waals surface area contributed by atoms with E-state index in [1.807, 2.05) is 48.5 Å². The summed E-state index contributed by atoms with van der Waals surface area (Å²) in [5.74, 6) is 0.319. The van der Waals surface area contributed by atoms with Crippen LogP contribution in [0.1, 0.15) is 32.1 Å². The van der Waals surface area contributed by atoms with E-state index in [2.05, 4.69) is 10.7 Å². The highest BCUT2D eigenvalue weighted by Crippen LogP contribution is 2.30. The molecule has 3 nitrogen and oxygen atoms in total. The van der Waals surface area contributed by atoms with Crippen LogP contribution in [-0.4, -0.2) is 10.9 Å². The third-order valence-corrected chi connectivity index (χ3v) is 6.16. The van der Waals surface area contributed by atoms with Crippen molar-refractivity contribution in [2.45, 2.75) is 32.1 Å². The molecule has 5 heteroatoms. The molecule has 1 aromatic heterocycles. The van der Waals surface area contributed by atoms with Crippen molar-refractivity contribution in [2.75, 3.05) is 5.32 Å². The van der Waals surface area contributed by atoms with Gasteiger partial charge in [-0.15, -0.1) is 11.3 Å². The summed E-state index contributed by atoms with van der Waals surface area (Å²) in [4.78, 5) is 17.1. The van der Waals surface area contributed by atoms with Gasteiger partial charge in [0.1, 0.15) is 5.01 Å². The van der Waals surface area contributed by atoms with E-state index in [1.165, 1.54) is 6.42 Å². The second-order valence-corrected chi connectivity index (χ2v) is 8.24. The van der Waals surface area contributed by atoms with Crippen molar-refractivity contribution < 1.29 is 4.79 Å². The Morgan fingerprint density at radius 2 is 1.63 bits per heavy atom. The predicted molar refractivity (Wildman–Crippen MR) is 113 cm³/mol. The molecule has 2 aromatic carbocycles. The van der Waals surface area contributed by atoms with Crippen LogP contribution in [0, 0.1) is 5.92 Å². The summed E-state index contributed by atoms with van der Waals surface area (Å²) in [7, 11) is 0. The Balaban J connectivity index is 1.44. The van der Waals surface area contributed by atoms with Crippen LogP contribution in [0.5, 0.6) is 0 Å². The van der Waals surface area contributed by atoms with Crippen LogP contribution in [-0.2, 0) is 4.79 Å². The molecule has 0 unspecified atom stereocenters. The molecule has 1 aliphatic rings. The van der Waals surface area contributed by atoms with E-state index >= 15 is 0 Å². The Morgan fingerprint density at radius 3 is 2.33 bits per heavy atom. The van der Waals surface area contributed by atoms with Crippen LogP contribution in [0.25, 0.3) is 21.8 Å². The van der Waals surface area contributed by atoms with E-state index in [-0.39, 0.29) is 11.8 Å². The zero-order valence-electron chi connectivity index (χ0n) is 15.0.